The average molecular weight is 724 g/mol. The summed E-state index contributed by atoms with van der Waals surface area (Å²) in [7, 11) is -6.22. The van der Waals surface area contributed by atoms with Crippen LogP contribution in [0.5, 0.6) is 28.7 Å². The van der Waals surface area contributed by atoms with Gasteiger partial charge < -0.3 is 46.1 Å². The van der Waals surface area contributed by atoms with E-state index in [2.05, 4.69) is 21.9 Å². The van der Waals surface area contributed by atoms with Gasteiger partial charge >= 0.3 is 69.7 Å². The maximum absolute atomic E-state index is 10.8. The van der Waals surface area contributed by atoms with E-state index in [1.807, 2.05) is 0 Å². The number of nitrogens with zero attached hydrogens (tertiary/aromatic N) is 3. The monoisotopic (exact) mass is 723 g/mol. The first-order valence-electron chi connectivity index (χ1n) is 12.9. The average Bonchev–Trinajstić information content (AvgIpc) is 2.98. The fourth-order valence-electron chi connectivity index (χ4n) is 3.74. The number of ether oxygens (including phenoxy) is 3. The van der Waals surface area contributed by atoms with Gasteiger partial charge in [-0.15, -0.1) is 12.6 Å². The predicted molar refractivity (Wildman–Crippen MR) is 159 cm³/mol. The van der Waals surface area contributed by atoms with Crippen molar-refractivity contribution in [3.05, 3.63) is 67.6 Å². The first kappa shape index (κ1) is 43.1. The quantitative estimate of drug-likeness (QED) is 0.0607. The molecule has 4 aromatic rings. The molecule has 4 rings (SSSR count). The predicted octanol–water partition coefficient (Wildman–Crippen LogP) is -4.85. The van der Waals surface area contributed by atoms with Gasteiger partial charge in [0.25, 0.3) is 0 Å². The summed E-state index contributed by atoms with van der Waals surface area (Å²) in [5, 5.41) is 40.6. The van der Waals surface area contributed by atoms with E-state index in [9.17, 15) is 33.4 Å². The van der Waals surface area contributed by atoms with E-state index in [1.165, 1.54) is 37.4 Å². The SMILES string of the molecule is O=S(=O)=O.[CH2-]C(O)COc1ccc(-c2nc(-c3ccc(OC)cc3)nc(-c3ccc(OCC(O)CS(=O)(=O)[O-])cc3O)n2)c(O)c1.[Na+].[Na+]. The number of aromatic hydroxyl groups is 2. The van der Waals surface area contributed by atoms with Crippen molar-refractivity contribution in [3.8, 4) is 62.9 Å². The van der Waals surface area contributed by atoms with E-state index in [4.69, 9.17) is 26.8 Å². The minimum Gasteiger partial charge on any atom is -0.748 e. The second kappa shape index (κ2) is 20.0. The molecule has 0 saturated heterocycles. The van der Waals surface area contributed by atoms with E-state index in [-0.39, 0.29) is 117 Å². The molecule has 2 atom stereocenters. The number of phenolic OH excluding ortho intramolecular Hbond substituents is 2. The molecule has 0 fully saturated rings. The minimum absolute atomic E-state index is 0. The molecular formula is C28H27N3Na2O13S2. The summed E-state index contributed by atoms with van der Waals surface area (Å²) in [6.07, 6.45) is -2.51. The molecule has 2 unspecified atom stereocenters. The number of aliphatic hydroxyl groups excluding tert-OH is 2. The molecule has 3 aromatic carbocycles. The standard InChI is InChI=1S/C28H28N3O10S.2Na.O3S/c1-16(32)13-40-20-7-9-22(24(34)11-20)27-29-26(17-3-5-19(39-2)6-4-17)30-28(31-27)23-10-8-21(12-25(23)35)41-14-18(33)15-42(36,37)38;;;1-4(2)3/h3-12,16,18,32-35H,1,13-15H2,2H3,(H,36,37,38);;;/q-1;2*+1;/p-1. The first-order valence-corrected chi connectivity index (χ1v) is 15.4. The van der Waals surface area contributed by atoms with Crippen LogP contribution in [-0.4, -0.2) is 99.3 Å². The molecule has 0 aliphatic rings. The number of hydrogen-bond acceptors (Lipinski definition) is 16. The van der Waals surface area contributed by atoms with Gasteiger partial charge in [0.15, 0.2) is 17.5 Å². The van der Waals surface area contributed by atoms with Crippen molar-refractivity contribution >= 4 is 20.7 Å². The maximum Gasteiger partial charge on any atom is 1.00 e. The van der Waals surface area contributed by atoms with E-state index in [0.717, 1.165) is 0 Å². The fraction of sp³-hybridized carbons (Fsp3) is 0.214. The Balaban J connectivity index is 0.00000182. The third-order valence-electron chi connectivity index (χ3n) is 5.69. The summed E-state index contributed by atoms with van der Waals surface area (Å²) in [6.45, 7) is 2.86. The van der Waals surface area contributed by atoms with Crippen molar-refractivity contribution in [2.45, 2.75) is 12.2 Å². The van der Waals surface area contributed by atoms with E-state index in [0.29, 0.717) is 11.3 Å². The van der Waals surface area contributed by atoms with Crippen molar-refractivity contribution in [3.63, 3.8) is 0 Å². The second-order valence-electron chi connectivity index (χ2n) is 9.25. The molecule has 48 heavy (non-hydrogen) atoms. The first-order chi connectivity index (χ1) is 21.6. The van der Waals surface area contributed by atoms with Crippen LogP contribution in [0.3, 0.4) is 0 Å². The molecule has 0 saturated carbocycles. The molecular weight excluding hydrogens is 696 g/mol. The third-order valence-corrected chi connectivity index (χ3v) is 6.48. The maximum atomic E-state index is 10.8. The Morgan fingerprint density at radius 3 is 1.58 bits per heavy atom. The molecule has 0 aliphatic heterocycles. The number of hydrogen-bond donors (Lipinski definition) is 4. The largest absolute Gasteiger partial charge is 1.00 e. The summed E-state index contributed by atoms with van der Waals surface area (Å²) in [5.41, 5.74) is 0.997. The summed E-state index contributed by atoms with van der Waals surface area (Å²) >= 11 is 0. The van der Waals surface area contributed by atoms with Crippen molar-refractivity contribution in [2.75, 3.05) is 26.1 Å². The van der Waals surface area contributed by atoms with Crippen LogP contribution < -0.4 is 73.3 Å². The summed E-state index contributed by atoms with van der Waals surface area (Å²) in [6, 6.07) is 15.4. The van der Waals surface area contributed by atoms with Crippen molar-refractivity contribution < 1.29 is 119 Å². The number of benzene rings is 3. The number of methoxy groups -OCH3 is 1. The van der Waals surface area contributed by atoms with Crippen molar-refractivity contribution in [1.29, 1.82) is 0 Å². The molecule has 1 aromatic heterocycles. The van der Waals surface area contributed by atoms with E-state index < -0.39 is 45.3 Å². The fourth-order valence-corrected chi connectivity index (χ4v) is 4.30. The number of rotatable bonds is 12. The number of aromatic nitrogens is 3. The van der Waals surface area contributed by atoms with Crippen molar-refractivity contribution in [2.24, 2.45) is 0 Å². The third kappa shape index (κ3) is 13.9. The molecule has 16 nitrogen and oxygen atoms in total. The smallest absolute Gasteiger partial charge is 0.748 e. The Kier molecular flexibility index (Phi) is 17.9. The minimum atomic E-state index is -4.64. The molecule has 0 radical (unpaired) electrons. The molecule has 0 amide bonds. The topological polar surface area (TPSA) is 256 Å². The van der Waals surface area contributed by atoms with Crippen molar-refractivity contribution in [1.82, 2.24) is 15.0 Å². The van der Waals surface area contributed by atoms with Gasteiger partial charge in [0.2, 0.25) is 0 Å². The summed E-state index contributed by atoms with van der Waals surface area (Å²) in [5.74, 6) is -0.207. The zero-order valence-corrected chi connectivity index (χ0v) is 31.5. The van der Waals surface area contributed by atoms with Gasteiger partial charge in [-0.2, -0.15) is 0 Å². The number of aliphatic hydroxyl groups is 2. The zero-order valence-electron chi connectivity index (χ0n) is 25.9. The summed E-state index contributed by atoms with van der Waals surface area (Å²) < 4.78 is 73.7. The molecule has 246 valence electrons. The van der Waals surface area contributed by atoms with E-state index in [1.54, 1.807) is 30.3 Å². The Morgan fingerprint density at radius 1 is 0.771 bits per heavy atom. The van der Waals surface area contributed by atoms with E-state index >= 15 is 0 Å². The molecule has 20 heteroatoms. The van der Waals surface area contributed by atoms with Gasteiger partial charge in [-0.05, 0) is 54.6 Å². The van der Waals surface area contributed by atoms with Gasteiger partial charge in [-0.25, -0.2) is 23.4 Å². The van der Waals surface area contributed by atoms with Crippen LogP contribution >= 0.6 is 0 Å². The molecule has 0 aliphatic carbocycles. The van der Waals surface area contributed by atoms with Crippen LogP contribution in [0.4, 0.5) is 0 Å². The van der Waals surface area contributed by atoms with Crippen LogP contribution in [0.25, 0.3) is 34.2 Å². The van der Waals surface area contributed by atoms with Gasteiger partial charge in [-0.1, -0.05) is 0 Å². The van der Waals surface area contributed by atoms with Crippen LogP contribution in [0.2, 0.25) is 0 Å². The molecule has 0 spiro atoms. The summed E-state index contributed by atoms with van der Waals surface area (Å²) in [4.78, 5) is 13.5. The van der Waals surface area contributed by atoms with Crippen LogP contribution in [0.15, 0.2) is 60.7 Å². The van der Waals surface area contributed by atoms with Crippen LogP contribution in [0, 0.1) is 6.92 Å². The van der Waals surface area contributed by atoms with Gasteiger partial charge in [0.1, 0.15) is 41.5 Å². The molecule has 1 heterocycles. The van der Waals surface area contributed by atoms with Crippen LogP contribution in [0.1, 0.15) is 0 Å². The van der Waals surface area contributed by atoms with Gasteiger partial charge in [-0.3, -0.25) is 0 Å². The second-order valence-corrected chi connectivity index (χ2v) is 11.1. The molecule has 4 N–H and O–H groups in total. The van der Waals surface area contributed by atoms with Gasteiger partial charge in [0.05, 0.1) is 40.7 Å². The van der Waals surface area contributed by atoms with Crippen LogP contribution in [-0.2, 0) is 20.7 Å². The Labute approximate surface area is 321 Å². The zero-order chi connectivity index (χ0) is 34.0. The normalized spacial score (nSPS) is 11.8. The van der Waals surface area contributed by atoms with Gasteiger partial charge in [0, 0.05) is 17.7 Å². The molecule has 0 bridgehead atoms. The Bertz CT molecular complexity index is 1880. The Morgan fingerprint density at radius 2 is 1.19 bits per heavy atom. The number of phenols is 2. The Hall–Kier alpha value is -2.88.